The van der Waals surface area contributed by atoms with Gasteiger partial charge in [0.05, 0.1) is 26.1 Å². The molecule has 0 radical (unpaired) electrons. The molecule has 1 fully saturated rings. The third-order valence-electron chi connectivity index (χ3n) is 5.00. The lowest BCUT2D eigenvalue weighted by molar-refractivity contribution is -0.131. The zero-order chi connectivity index (χ0) is 21.1. The molecule has 4 rings (SSSR count). The van der Waals surface area contributed by atoms with Crippen LogP contribution in [0.3, 0.4) is 0 Å². The third-order valence-corrected chi connectivity index (χ3v) is 5.00. The highest BCUT2D eigenvalue weighted by atomic mass is 16.5. The number of urea groups is 1. The van der Waals surface area contributed by atoms with Crippen LogP contribution in [0.5, 0.6) is 5.75 Å². The van der Waals surface area contributed by atoms with Gasteiger partial charge < -0.3 is 10.1 Å². The summed E-state index contributed by atoms with van der Waals surface area (Å²) >= 11 is 0. The first-order valence-electron chi connectivity index (χ1n) is 9.41. The Bertz CT molecular complexity index is 1090. The van der Waals surface area contributed by atoms with Crippen LogP contribution in [0.4, 0.5) is 4.79 Å². The number of hydrogen-bond acceptors (Lipinski definition) is 5. The number of ether oxygens (including phenoxy) is 1. The van der Waals surface area contributed by atoms with Crippen LogP contribution < -0.4 is 10.1 Å². The molecule has 1 atom stereocenters. The molecule has 3 aromatic rings. The zero-order valence-electron chi connectivity index (χ0n) is 16.6. The lowest BCUT2D eigenvalue weighted by atomic mass is 9.92. The molecule has 2 heterocycles. The number of rotatable bonds is 6. The third kappa shape index (κ3) is 3.67. The first kappa shape index (κ1) is 19.4. The average molecular weight is 403 g/mol. The minimum Gasteiger partial charge on any atom is -0.497 e. The monoisotopic (exact) mass is 403 g/mol. The highest BCUT2D eigenvalue weighted by Gasteiger charge is 2.49. The van der Waals surface area contributed by atoms with Crippen molar-refractivity contribution in [1.82, 2.24) is 20.1 Å². The molecule has 3 amide bonds. The molecule has 8 heteroatoms. The van der Waals surface area contributed by atoms with Crippen LogP contribution in [0.25, 0.3) is 0 Å². The number of carbonyl (C=O) groups is 2. The van der Waals surface area contributed by atoms with Crippen molar-refractivity contribution in [3.8, 4) is 5.75 Å². The molecule has 0 unspecified atom stereocenters. The van der Waals surface area contributed by atoms with Gasteiger partial charge in [-0.3, -0.25) is 9.48 Å². The van der Waals surface area contributed by atoms with Crippen LogP contribution >= 0.6 is 0 Å². The van der Waals surface area contributed by atoms with Gasteiger partial charge in [-0.15, -0.1) is 5.01 Å². The molecule has 152 valence electrons. The quantitative estimate of drug-likeness (QED) is 0.506. The fraction of sp³-hybridized carbons (Fsp3) is 0.182. The Hall–Kier alpha value is -3.94. The number of amides is 3. The minimum atomic E-state index is -1.20. The summed E-state index contributed by atoms with van der Waals surface area (Å²) in [7, 11) is 1.57. The highest BCUT2D eigenvalue weighted by molar-refractivity contribution is 6.07. The van der Waals surface area contributed by atoms with Gasteiger partial charge in [0.15, 0.2) is 0 Å². The average Bonchev–Trinajstić information content (AvgIpc) is 3.29. The second kappa shape index (κ2) is 7.82. The SMILES string of the molecule is COc1ccc([C@@]2(C)NC(=O)N(/N=C\c3cnn(Cc4ccccc4)c3)C2=O)cc1. The summed E-state index contributed by atoms with van der Waals surface area (Å²) in [4.78, 5) is 25.3. The number of imide groups is 1. The molecule has 1 aliphatic heterocycles. The molecule has 0 bridgehead atoms. The largest absolute Gasteiger partial charge is 0.497 e. The van der Waals surface area contributed by atoms with Gasteiger partial charge in [-0.1, -0.05) is 42.5 Å². The summed E-state index contributed by atoms with van der Waals surface area (Å²) in [6, 6.07) is 16.3. The molecule has 0 spiro atoms. The minimum absolute atomic E-state index is 0.453. The van der Waals surface area contributed by atoms with E-state index in [-0.39, 0.29) is 0 Å². The zero-order valence-corrected chi connectivity index (χ0v) is 16.6. The maximum Gasteiger partial charge on any atom is 0.346 e. The van der Waals surface area contributed by atoms with E-state index in [0.29, 0.717) is 23.4 Å². The highest BCUT2D eigenvalue weighted by Crippen LogP contribution is 2.30. The van der Waals surface area contributed by atoms with E-state index in [4.69, 9.17) is 4.74 Å². The van der Waals surface area contributed by atoms with Gasteiger partial charge in [-0.2, -0.15) is 10.2 Å². The van der Waals surface area contributed by atoms with E-state index >= 15 is 0 Å². The molecule has 1 saturated heterocycles. The molecule has 2 aromatic carbocycles. The van der Waals surface area contributed by atoms with Crippen molar-refractivity contribution in [3.63, 3.8) is 0 Å². The Balaban J connectivity index is 1.48. The van der Waals surface area contributed by atoms with Crippen LogP contribution in [-0.4, -0.2) is 40.1 Å². The Morgan fingerprint density at radius 2 is 1.87 bits per heavy atom. The van der Waals surface area contributed by atoms with Crippen molar-refractivity contribution in [3.05, 3.63) is 83.7 Å². The van der Waals surface area contributed by atoms with Gasteiger partial charge in [0.2, 0.25) is 0 Å². The number of benzene rings is 2. The Kier molecular flexibility index (Phi) is 5.05. The van der Waals surface area contributed by atoms with E-state index in [0.717, 1.165) is 10.6 Å². The number of hydrogen-bond donors (Lipinski definition) is 1. The number of methoxy groups -OCH3 is 1. The molecule has 1 N–H and O–H groups in total. The van der Waals surface area contributed by atoms with E-state index in [1.807, 2.05) is 30.3 Å². The van der Waals surface area contributed by atoms with Crippen LogP contribution in [0.1, 0.15) is 23.6 Å². The smallest absolute Gasteiger partial charge is 0.346 e. The predicted octanol–water partition coefficient (Wildman–Crippen LogP) is 2.74. The van der Waals surface area contributed by atoms with E-state index in [9.17, 15) is 9.59 Å². The molecular formula is C22H21N5O3. The first-order valence-corrected chi connectivity index (χ1v) is 9.41. The van der Waals surface area contributed by atoms with E-state index in [1.54, 1.807) is 55.4 Å². The second-order valence-electron chi connectivity index (χ2n) is 7.10. The summed E-state index contributed by atoms with van der Waals surface area (Å²) in [5.74, 6) is 0.215. The van der Waals surface area contributed by atoms with E-state index in [1.165, 1.54) is 6.21 Å². The Morgan fingerprint density at radius 3 is 2.57 bits per heavy atom. The predicted molar refractivity (Wildman–Crippen MR) is 111 cm³/mol. The van der Waals surface area contributed by atoms with Gasteiger partial charge >= 0.3 is 6.03 Å². The van der Waals surface area contributed by atoms with Crippen LogP contribution in [0.15, 0.2) is 72.1 Å². The second-order valence-corrected chi connectivity index (χ2v) is 7.10. The van der Waals surface area contributed by atoms with Crippen molar-refractivity contribution in [2.24, 2.45) is 5.10 Å². The fourth-order valence-electron chi connectivity index (χ4n) is 3.28. The molecule has 1 aromatic heterocycles. The lowest BCUT2D eigenvalue weighted by Crippen LogP contribution is -2.40. The molecule has 30 heavy (non-hydrogen) atoms. The first-order chi connectivity index (χ1) is 14.5. The maximum absolute atomic E-state index is 12.9. The van der Waals surface area contributed by atoms with Gasteiger partial charge in [0.1, 0.15) is 11.3 Å². The molecule has 1 aliphatic rings. The van der Waals surface area contributed by atoms with Crippen LogP contribution in [-0.2, 0) is 16.9 Å². The number of nitrogens with zero attached hydrogens (tertiary/aromatic N) is 4. The lowest BCUT2D eigenvalue weighted by Gasteiger charge is -2.21. The maximum atomic E-state index is 12.9. The summed E-state index contributed by atoms with van der Waals surface area (Å²) in [6.45, 7) is 2.27. The number of nitrogens with one attached hydrogen (secondary N) is 1. The van der Waals surface area contributed by atoms with Crippen molar-refractivity contribution >= 4 is 18.2 Å². The molecule has 8 nitrogen and oxygen atoms in total. The topological polar surface area (TPSA) is 88.8 Å². The van der Waals surface area contributed by atoms with Crippen LogP contribution in [0.2, 0.25) is 0 Å². The molecule has 0 aliphatic carbocycles. The number of aromatic nitrogens is 2. The van der Waals surface area contributed by atoms with Gasteiger partial charge in [-0.25, -0.2) is 4.79 Å². The number of hydrazone groups is 1. The van der Waals surface area contributed by atoms with Gasteiger partial charge in [0.25, 0.3) is 5.91 Å². The van der Waals surface area contributed by atoms with Crippen molar-refractivity contribution < 1.29 is 14.3 Å². The molecular weight excluding hydrogens is 382 g/mol. The normalized spacial score (nSPS) is 18.8. The van der Waals surface area contributed by atoms with Crippen molar-refractivity contribution in [2.45, 2.75) is 19.0 Å². The fourth-order valence-corrected chi connectivity index (χ4v) is 3.28. The molecule has 0 saturated carbocycles. The summed E-state index contributed by atoms with van der Waals surface area (Å²) in [5.41, 5.74) is 1.26. The van der Waals surface area contributed by atoms with Crippen molar-refractivity contribution in [1.29, 1.82) is 0 Å². The van der Waals surface area contributed by atoms with Gasteiger partial charge in [-0.05, 0) is 30.2 Å². The number of carbonyl (C=O) groups excluding carboxylic acids is 2. The van der Waals surface area contributed by atoms with E-state index < -0.39 is 17.5 Å². The van der Waals surface area contributed by atoms with Gasteiger partial charge in [0, 0.05) is 11.8 Å². The Labute approximate surface area is 173 Å². The Morgan fingerprint density at radius 1 is 1.13 bits per heavy atom. The van der Waals surface area contributed by atoms with Crippen LogP contribution in [0, 0.1) is 0 Å². The van der Waals surface area contributed by atoms with E-state index in [2.05, 4.69) is 15.5 Å². The summed E-state index contributed by atoms with van der Waals surface area (Å²) in [6.07, 6.45) is 4.89. The summed E-state index contributed by atoms with van der Waals surface area (Å²) in [5, 5.41) is 12.0. The van der Waals surface area contributed by atoms with Crippen molar-refractivity contribution in [2.75, 3.05) is 7.11 Å². The standard InChI is InChI=1S/C22H21N5O3/c1-22(18-8-10-19(30-2)11-9-18)20(28)27(21(29)25-22)24-13-17-12-23-26(15-17)14-16-6-4-3-5-7-16/h3-13,15H,14H2,1-2H3,(H,25,29)/b24-13-/t22-/m1/s1. The summed E-state index contributed by atoms with van der Waals surface area (Å²) < 4.78 is 6.91.